The molecular formula is C17H22N4O. The summed E-state index contributed by atoms with van der Waals surface area (Å²) < 4.78 is 1.69. The standard InChI is InChI=1S/C17H22N4O/c1-19(2)15-7-3-6-14(12-15)16-8-4-11-21(16)17(22)13-20-10-5-9-18-20/h3,5-7,9-10,12,16H,4,8,11,13H2,1-2H3/t16-/m1/s1. The van der Waals surface area contributed by atoms with Crippen LogP contribution in [0.5, 0.6) is 0 Å². The van der Waals surface area contributed by atoms with Crippen molar-refractivity contribution in [2.24, 2.45) is 0 Å². The largest absolute Gasteiger partial charge is 0.378 e. The third kappa shape index (κ3) is 2.98. The Kier molecular flexibility index (Phi) is 4.13. The average Bonchev–Trinajstić information content (AvgIpc) is 3.18. The van der Waals surface area contributed by atoms with E-state index in [0.717, 1.165) is 19.4 Å². The van der Waals surface area contributed by atoms with Crippen LogP contribution in [0.2, 0.25) is 0 Å². The number of carbonyl (C=O) groups is 1. The smallest absolute Gasteiger partial charge is 0.244 e. The molecule has 116 valence electrons. The normalized spacial score (nSPS) is 17.7. The number of rotatable bonds is 4. The van der Waals surface area contributed by atoms with Gasteiger partial charge in [-0.1, -0.05) is 12.1 Å². The van der Waals surface area contributed by atoms with Crippen molar-refractivity contribution < 1.29 is 4.79 Å². The highest BCUT2D eigenvalue weighted by Gasteiger charge is 2.30. The predicted molar refractivity (Wildman–Crippen MR) is 86.7 cm³/mol. The summed E-state index contributed by atoms with van der Waals surface area (Å²) in [6.07, 6.45) is 5.62. The monoisotopic (exact) mass is 298 g/mol. The lowest BCUT2D eigenvalue weighted by Gasteiger charge is -2.26. The number of nitrogens with zero attached hydrogens (tertiary/aromatic N) is 4. The van der Waals surface area contributed by atoms with Gasteiger partial charge in [0, 0.05) is 38.7 Å². The van der Waals surface area contributed by atoms with E-state index in [1.165, 1.54) is 11.3 Å². The van der Waals surface area contributed by atoms with Crippen LogP contribution in [0, 0.1) is 0 Å². The Labute approximate surface area is 131 Å². The summed E-state index contributed by atoms with van der Waals surface area (Å²) in [5, 5.41) is 4.13. The van der Waals surface area contributed by atoms with Gasteiger partial charge in [-0.15, -0.1) is 0 Å². The van der Waals surface area contributed by atoms with Crippen molar-refractivity contribution in [1.29, 1.82) is 0 Å². The molecule has 2 heterocycles. The van der Waals surface area contributed by atoms with Gasteiger partial charge in [0.15, 0.2) is 0 Å². The first-order chi connectivity index (χ1) is 10.6. The van der Waals surface area contributed by atoms with Gasteiger partial charge in [-0.25, -0.2) is 0 Å². The van der Waals surface area contributed by atoms with Crippen molar-refractivity contribution in [2.45, 2.75) is 25.4 Å². The molecule has 0 unspecified atom stereocenters. The molecule has 22 heavy (non-hydrogen) atoms. The minimum atomic E-state index is 0.140. The van der Waals surface area contributed by atoms with Crippen LogP contribution in [-0.2, 0) is 11.3 Å². The van der Waals surface area contributed by atoms with E-state index in [2.05, 4.69) is 34.3 Å². The molecule has 1 aliphatic heterocycles. The fourth-order valence-corrected chi connectivity index (χ4v) is 3.05. The van der Waals surface area contributed by atoms with Gasteiger partial charge in [-0.05, 0) is 36.6 Å². The summed E-state index contributed by atoms with van der Waals surface area (Å²) in [7, 11) is 4.07. The number of aromatic nitrogens is 2. The molecule has 1 saturated heterocycles. The molecule has 0 aliphatic carbocycles. The first-order valence-electron chi connectivity index (χ1n) is 7.69. The molecule has 1 aliphatic rings. The molecule has 3 rings (SSSR count). The SMILES string of the molecule is CN(C)c1cccc([C@H]2CCCN2C(=O)Cn2cccn2)c1. The van der Waals surface area contributed by atoms with Crippen molar-refractivity contribution in [2.75, 3.05) is 25.5 Å². The fourth-order valence-electron chi connectivity index (χ4n) is 3.05. The third-order valence-electron chi connectivity index (χ3n) is 4.20. The maximum atomic E-state index is 12.6. The zero-order valence-electron chi connectivity index (χ0n) is 13.1. The molecule has 0 radical (unpaired) electrons. The molecule has 2 aromatic rings. The predicted octanol–water partition coefficient (Wildman–Crippen LogP) is 2.31. The highest BCUT2D eigenvalue weighted by Crippen LogP contribution is 2.33. The van der Waals surface area contributed by atoms with Crippen molar-refractivity contribution in [1.82, 2.24) is 14.7 Å². The Bertz CT molecular complexity index is 636. The summed E-state index contributed by atoms with van der Waals surface area (Å²) in [6, 6.07) is 10.5. The molecule has 1 atom stereocenters. The van der Waals surface area contributed by atoms with Gasteiger partial charge in [0.25, 0.3) is 0 Å². The molecule has 5 nitrogen and oxygen atoms in total. The van der Waals surface area contributed by atoms with Crippen LogP contribution >= 0.6 is 0 Å². The van der Waals surface area contributed by atoms with Crippen LogP contribution in [0.4, 0.5) is 5.69 Å². The molecule has 0 saturated carbocycles. The lowest BCUT2D eigenvalue weighted by molar-refractivity contribution is -0.133. The second kappa shape index (κ2) is 6.22. The minimum absolute atomic E-state index is 0.140. The third-order valence-corrected chi connectivity index (χ3v) is 4.20. The van der Waals surface area contributed by atoms with E-state index >= 15 is 0 Å². The Morgan fingerprint density at radius 3 is 2.95 bits per heavy atom. The highest BCUT2D eigenvalue weighted by atomic mass is 16.2. The second-order valence-electron chi connectivity index (χ2n) is 5.94. The fraction of sp³-hybridized carbons (Fsp3) is 0.412. The molecule has 5 heteroatoms. The van der Waals surface area contributed by atoms with Crippen LogP contribution in [-0.4, -0.2) is 41.2 Å². The van der Waals surface area contributed by atoms with Gasteiger partial charge < -0.3 is 9.80 Å². The Morgan fingerprint density at radius 1 is 1.36 bits per heavy atom. The number of hydrogen-bond acceptors (Lipinski definition) is 3. The quantitative estimate of drug-likeness (QED) is 0.870. The number of amides is 1. The van der Waals surface area contributed by atoms with E-state index in [1.807, 2.05) is 31.3 Å². The van der Waals surface area contributed by atoms with E-state index < -0.39 is 0 Å². The van der Waals surface area contributed by atoms with Crippen LogP contribution in [0.25, 0.3) is 0 Å². The zero-order valence-corrected chi connectivity index (χ0v) is 13.1. The van der Waals surface area contributed by atoms with E-state index in [1.54, 1.807) is 10.9 Å². The molecule has 1 amide bonds. The average molecular weight is 298 g/mol. The van der Waals surface area contributed by atoms with Crippen LogP contribution < -0.4 is 4.90 Å². The van der Waals surface area contributed by atoms with Crippen molar-refractivity contribution >= 4 is 11.6 Å². The van der Waals surface area contributed by atoms with Crippen molar-refractivity contribution in [3.05, 3.63) is 48.3 Å². The van der Waals surface area contributed by atoms with E-state index in [-0.39, 0.29) is 11.9 Å². The topological polar surface area (TPSA) is 41.4 Å². The minimum Gasteiger partial charge on any atom is -0.378 e. The Balaban J connectivity index is 1.78. The molecule has 1 fully saturated rings. The second-order valence-corrected chi connectivity index (χ2v) is 5.94. The van der Waals surface area contributed by atoms with E-state index in [9.17, 15) is 4.79 Å². The lowest BCUT2D eigenvalue weighted by atomic mass is 10.0. The number of hydrogen-bond donors (Lipinski definition) is 0. The van der Waals surface area contributed by atoms with Crippen LogP contribution in [0.15, 0.2) is 42.7 Å². The number of likely N-dealkylation sites (tertiary alicyclic amines) is 1. The van der Waals surface area contributed by atoms with E-state index in [0.29, 0.717) is 6.54 Å². The molecule has 0 spiro atoms. The van der Waals surface area contributed by atoms with Gasteiger partial charge in [-0.3, -0.25) is 9.48 Å². The van der Waals surface area contributed by atoms with Crippen molar-refractivity contribution in [3.8, 4) is 0 Å². The maximum Gasteiger partial charge on any atom is 0.244 e. The van der Waals surface area contributed by atoms with Crippen molar-refractivity contribution in [3.63, 3.8) is 0 Å². The van der Waals surface area contributed by atoms with Gasteiger partial charge in [-0.2, -0.15) is 5.10 Å². The molecular weight excluding hydrogens is 276 g/mol. The summed E-state index contributed by atoms with van der Waals surface area (Å²) in [6.45, 7) is 1.15. The summed E-state index contributed by atoms with van der Waals surface area (Å²) in [4.78, 5) is 16.7. The van der Waals surface area contributed by atoms with Gasteiger partial charge >= 0.3 is 0 Å². The number of benzene rings is 1. The maximum absolute atomic E-state index is 12.6. The highest BCUT2D eigenvalue weighted by molar-refractivity contribution is 5.76. The molecule has 0 bridgehead atoms. The molecule has 0 N–H and O–H groups in total. The Hall–Kier alpha value is -2.30. The first-order valence-corrected chi connectivity index (χ1v) is 7.69. The number of anilines is 1. The van der Waals surface area contributed by atoms with Gasteiger partial charge in [0.2, 0.25) is 5.91 Å². The molecule has 1 aromatic carbocycles. The summed E-state index contributed by atoms with van der Waals surface area (Å²) in [5.41, 5.74) is 2.39. The summed E-state index contributed by atoms with van der Waals surface area (Å²) in [5.74, 6) is 0.140. The zero-order chi connectivity index (χ0) is 15.5. The number of carbonyl (C=O) groups excluding carboxylic acids is 1. The van der Waals surface area contributed by atoms with Gasteiger partial charge in [0.05, 0.1) is 6.04 Å². The van der Waals surface area contributed by atoms with Crippen LogP contribution in [0.3, 0.4) is 0 Å². The van der Waals surface area contributed by atoms with Gasteiger partial charge in [0.1, 0.15) is 6.54 Å². The van der Waals surface area contributed by atoms with E-state index in [4.69, 9.17) is 0 Å². The van der Waals surface area contributed by atoms with Crippen LogP contribution in [0.1, 0.15) is 24.4 Å². The molecule has 1 aromatic heterocycles. The summed E-state index contributed by atoms with van der Waals surface area (Å²) >= 11 is 0. The Morgan fingerprint density at radius 2 is 2.23 bits per heavy atom. The first kappa shape index (κ1) is 14.6. The lowest BCUT2D eigenvalue weighted by Crippen LogP contribution is -2.33.